The van der Waals surface area contributed by atoms with Crippen LogP contribution in [0.15, 0.2) is 24.3 Å². The Morgan fingerprint density at radius 1 is 1.16 bits per heavy atom. The fourth-order valence-electron chi connectivity index (χ4n) is 1.77. The summed E-state index contributed by atoms with van der Waals surface area (Å²) in [4.78, 5) is 2.24. The molecule has 0 aliphatic heterocycles. The molecule has 0 saturated heterocycles. The van der Waals surface area contributed by atoms with Gasteiger partial charge in [-0.25, -0.2) is 0 Å². The maximum absolute atomic E-state index is 6.14. The highest BCUT2D eigenvalue weighted by Gasteiger charge is 2.10. The van der Waals surface area contributed by atoms with E-state index in [0.29, 0.717) is 5.02 Å². The molecule has 0 aliphatic carbocycles. The molecule has 106 valence electrons. The lowest BCUT2D eigenvalue weighted by Gasteiger charge is -2.26. The minimum Gasteiger partial charge on any atom is -0.349 e. The summed E-state index contributed by atoms with van der Waals surface area (Å²) in [7, 11) is 0. The number of nitrogens with one attached hydrogen (secondary N) is 1. The Morgan fingerprint density at radius 3 is 2.26 bits per heavy atom. The number of unbranched alkanes of at least 4 members (excludes halogenated alkanes) is 2. The van der Waals surface area contributed by atoms with Crippen LogP contribution in [-0.4, -0.2) is 23.1 Å². The predicted molar refractivity (Wildman–Crippen MR) is 89.1 cm³/mol. The third kappa shape index (κ3) is 5.79. The zero-order valence-electron chi connectivity index (χ0n) is 11.8. The van der Waals surface area contributed by atoms with Crippen molar-refractivity contribution in [2.24, 2.45) is 0 Å². The molecule has 0 fully saturated rings. The molecule has 1 N–H and O–H groups in total. The average Bonchev–Trinajstić information content (AvgIpc) is 2.41. The first kappa shape index (κ1) is 16.3. The molecule has 19 heavy (non-hydrogen) atoms. The van der Waals surface area contributed by atoms with Crippen LogP contribution in [-0.2, 0) is 0 Å². The van der Waals surface area contributed by atoms with Crippen LogP contribution >= 0.6 is 23.8 Å². The molecule has 0 amide bonds. The lowest BCUT2D eigenvalue weighted by Crippen LogP contribution is -2.36. The third-order valence-electron chi connectivity index (χ3n) is 2.97. The Morgan fingerprint density at radius 2 is 1.74 bits per heavy atom. The van der Waals surface area contributed by atoms with Crippen LogP contribution in [0.5, 0.6) is 0 Å². The molecule has 0 heterocycles. The molecule has 0 aliphatic rings. The minimum atomic E-state index is 0.704. The van der Waals surface area contributed by atoms with Crippen LogP contribution in [0.25, 0.3) is 0 Å². The second kappa shape index (κ2) is 9.16. The number of nitrogens with zero attached hydrogens (tertiary/aromatic N) is 1. The summed E-state index contributed by atoms with van der Waals surface area (Å²) >= 11 is 11.6. The summed E-state index contributed by atoms with van der Waals surface area (Å²) in [6.45, 7) is 6.41. The van der Waals surface area contributed by atoms with Crippen molar-refractivity contribution in [3.8, 4) is 0 Å². The number of hydrogen-bond donors (Lipinski definition) is 1. The van der Waals surface area contributed by atoms with E-state index in [0.717, 1.165) is 36.7 Å². The van der Waals surface area contributed by atoms with Crippen LogP contribution in [0.4, 0.5) is 5.69 Å². The van der Waals surface area contributed by atoms with Crippen molar-refractivity contribution in [2.45, 2.75) is 39.5 Å². The van der Waals surface area contributed by atoms with Crippen molar-refractivity contribution >= 4 is 34.6 Å². The minimum absolute atomic E-state index is 0.704. The lowest BCUT2D eigenvalue weighted by atomic mass is 10.2. The molecule has 4 heteroatoms. The van der Waals surface area contributed by atoms with E-state index in [2.05, 4.69) is 24.1 Å². The van der Waals surface area contributed by atoms with E-state index < -0.39 is 0 Å². The van der Waals surface area contributed by atoms with E-state index in [1.54, 1.807) is 0 Å². The smallest absolute Gasteiger partial charge is 0.173 e. The fourth-order valence-corrected chi connectivity index (χ4v) is 2.25. The summed E-state index contributed by atoms with van der Waals surface area (Å²) < 4.78 is 0. The van der Waals surface area contributed by atoms with E-state index in [1.807, 2.05) is 24.3 Å². The van der Waals surface area contributed by atoms with Gasteiger partial charge in [-0.15, -0.1) is 0 Å². The molecule has 1 rings (SSSR count). The number of halogens is 1. The first-order chi connectivity index (χ1) is 9.19. The molecule has 0 radical (unpaired) electrons. The van der Waals surface area contributed by atoms with Gasteiger partial charge in [0.2, 0.25) is 0 Å². The quantitative estimate of drug-likeness (QED) is 0.718. The number of benzene rings is 1. The number of para-hydroxylation sites is 1. The third-order valence-corrected chi connectivity index (χ3v) is 3.66. The molecule has 0 spiro atoms. The predicted octanol–water partition coefficient (Wildman–Crippen LogP) is 4.94. The van der Waals surface area contributed by atoms with Crippen molar-refractivity contribution < 1.29 is 0 Å². The molecule has 0 saturated carbocycles. The summed E-state index contributed by atoms with van der Waals surface area (Å²) in [5.41, 5.74) is 0.882. The van der Waals surface area contributed by atoms with Gasteiger partial charge in [-0.1, -0.05) is 50.4 Å². The monoisotopic (exact) mass is 298 g/mol. The normalized spacial score (nSPS) is 10.3. The highest BCUT2D eigenvalue weighted by atomic mass is 35.5. The van der Waals surface area contributed by atoms with Crippen molar-refractivity contribution in [1.82, 2.24) is 4.90 Å². The molecular formula is C15H23ClN2S. The topological polar surface area (TPSA) is 15.3 Å². The Hall–Kier alpha value is -0.800. The van der Waals surface area contributed by atoms with Gasteiger partial charge in [-0.2, -0.15) is 0 Å². The molecule has 0 unspecified atom stereocenters. The van der Waals surface area contributed by atoms with Gasteiger partial charge >= 0.3 is 0 Å². The van der Waals surface area contributed by atoms with Gasteiger partial charge in [0.1, 0.15) is 0 Å². The Labute approximate surface area is 127 Å². The van der Waals surface area contributed by atoms with Crippen LogP contribution in [0.2, 0.25) is 5.02 Å². The van der Waals surface area contributed by atoms with Crippen LogP contribution in [0, 0.1) is 0 Å². The Bertz CT molecular complexity index is 387. The van der Waals surface area contributed by atoms with E-state index in [4.69, 9.17) is 23.8 Å². The zero-order valence-corrected chi connectivity index (χ0v) is 13.4. The number of hydrogen-bond acceptors (Lipinski definition) is 1. The van der Waals surface area contributed by atoms with Gasteiger partial charge in [-0.3, -0.25) is 0 Å². The number of anilines is 1. The molecule has 2 nitrogen and oxygen atoms in total. The summed E-state index contributed by atoms with van der Waals surface area (Å²) in [5, 5.41) is 4.73. The summed E-state index contributed by atoms with van der Waals surface area (Å²) in [6, 6.07) is 7.70. The van der Waals surface area contributed by atoms with Crippen LogP contribution in [0.1, 0.15) is 39.5 Å². The van der Waals surface area contributed by atoms with Crippen LogP contribution < -0.4 is 5.32 Å². The highest BCUT2D eigenvalue weighted by molar-refractivity contribution is 7.80. The van der Waals surface area contributed by atoms with Gasteiger partial charge < -0.3 is 10.2 Å². The highest BCUT2D eigenvalue weighted by Crippen LogP contribution is 2.21. The van der Waals surface area contributed by atoms with Crippen LogP contribution in [0.3, 0.4) is 0 Å². The second-order valence-electron chi connectivity index (χ2n) is 4.60. The van der Waals surface area contributed by atoms with Crippen molar-refractivity contribution in [2.75, 3.05) is 18.4 Å². The molecule has 0 aromatic heterocycles. The second-order valence-corrected chi connectivity index (χ2v) is 5.40. The maximum Gasteiger partial charge on any atom is 0.173 e. The number of rotatable bonds is 7. The first-order valence-electron chi connectivity index (χ1n) is 6.99. The van der Waals surface area contributed by atoms with Gasteiger partial charge in [0.25, 0.3) is 0 Å². The summed E-state index contributed by atoms with van der Waals surface area (Å²) in [5.74, 6) is 0. The largest absolute Gasteiger partial charge is 0.349 e. The van der Waals surface area contributed by atoms with E-state index in [1.165, 1.54) is 12.8 Å². The van der Waals surface area contributed by atoms with Gasteiger partial charge in [0.05, 0.1) is 10.7 Å². The van der Waals surface area contributed by atoms with Gasteiger partial charge in [-0.05, 0) is 37.2 Å². The average molecular weight is 299 g/mol. The van der Waals surface area contributed by atoms with Crippen molar-refractivity contribution in [3.05, 3.63) is 29.3 Å². The SMILES string of the molecule is CCCCN(CCCC)C(=S)Nc1ccccc1Cl. The molecular weight excluding hydrogens is 276 g/mol. The molecule has 1 aromatic rings. The molecule has 1 aromatic carbocycles. The molecule has 0 atom stereocenters. The van der Waals surface area contributed by atoms with E-state index in [9.17, 15) is 0 Å². The maximum atomic E-state index is 6.14. The lowest BCUT2D eigenvalue weighted by molar-refractivity contribution is 0.403. The first-order valence-corrected chi connectivity index (χ1v) is 7.78. The van der Waals surface area contributed by atoms with E-state index >= 15 is 0 Å². The Kier molecular flexibility index (Phi) is 7.84. The summed E-state index contributed by atoms with van der Waals surface area (Å²) in [6.07, 6.45) is 4.68. The van der Waals surface area contributed by atoms with E-state index in [-0.39, 0.29) is 0 Å². The molecule has 0 bridgehead atoms. The number of thiocarbonyl (C=S) groups is 1. The van der Waals surface area contributed by atoms with Crippen molar-refractivity contribution in [3.63, 3.8) is 0 Å². The fraction of sp³-hybridized carbons (Fsp3) is 0.533. The zero-order chi connectivity index (χ0) is 14.1. The standard InChI is InChI=1S/C15H23ClN2S/c1-3-5-11-18(12-6-4-2)15(19)17-14-10-8-7-9-13(14)16/h7-10H,3-6,11-12H2,1-2H3,(H,17,19). The van der Waals surface area contributed by atoms with Gasteiger partial charge in [0.15, 0.2) is 5.11 Å². The van der Waals surface area contributed by atoms with Gasteiger partial charge in [0, 0.05) is 13.1 Å². The Balaban J connectivity index is 2.62. The van der Waals surface area contributed by atoms with Crippen molar-refractivity contribution in [1.29, 1.82) is 0 Å².